The summed E-state index contributed by atoms with van der Waals surface area (Å²) in [4.78, 5) is 16.4. The van der Waals surface area contributed by atoms with Gasteiger partial charge in [0.1, 0.15) is 5.75 Å². The minimum absolute atomic E-state index is 0.327. The molecule has 2 heterocycles. The number of anilines is 1. The molecule has 7 nitrogen and oxygen atoms in total. The number of carbonyl (C=O) groups excluding carboxylic acids is 1. The normalized spacial score (nSPS) is 10.4. The topological polar surface area (TPSA) is 81.1 Å². The smallest absolute Gasteiger partial charge is 0.319 e. The molecule has 0 radical (unpaired) electrons. The molecule has 0 unspecified atom stereocenters. The molecule has 0 bridgehead atoms. The van der Waals surface area contributed by atoms with Crippen molar-refractivity contribution < 1.29 is 9.53 Å². The molecule has 0 saturated carbocycles. The quantitative estimate of drug-likeness (QED) is 0.719. The van der Waals surface area contributed by atoms with Crippen molar-refractivity contribution >= 4 is 23.3 Å². The van der Waals surface area contributed by atoms with Gasteiger partial charge in [-0.2, -0.15) is 5.10 Å². The number of aryl methyl sites for hydroxylation is 1. The Labute approximate surface area is 156 Å². The summed E-state index contributed by atoms with van der Waals surface area (Å²) in [7, 11) is 3.40. The average molecular weight is 372 g/mol. The van der Waals surface area contributed by atoms with Crippen molar-refractivity contribution in [3.8, 4) is 17.0 Å². The third-order valence-electron chi connectivity index (χ3n) is 3.77. The lowest BCUT2D eigenvalue weighted by molar-refractivity contribution is 0.251. The van der Waals surface area contributed by atoms with Gasteiger partial charge in [0.05, 0.1) is 18.5 Å². The number of ether oxygens (including phenoxy) is 1. The number of amides is 2. The van der Waals surface area contributed by atoms with Crippen molar-refractivity contribution in [3.05, 3.63) is 59.5 Å². The van der Waals surface area contributed by atoms with E-state index >= 15 is 0 Å². The van der Waals surface area contributed by atoms with Crippen LogP contribution in [0.25, 0.3) is 11.3 Å². The second-order valence-electron chi connectivity index (χ2n) is 5.57. The van der Waals surface area contributed by atoms with Gasteiger partial charge >= 0.3 is 6.03 Å². The summed E-state index contributed by atoms with van der Waals surface area (Å²) in [6, 6.07) is 8.52. The van der Waals surface area contributed by atoms with Crippen molar-refractivity contribution in [1.82, 2.24) is 20.1 Å². The number of benzene rings is 1. The van der Waals surface area contributed by atoms with Gasteiger partial charge in [-0.25, -0.2) is 4.79 Å². The predicted octanol–water partition coefficient (Wildman–Crippen LogP) is 3.47. The van der Waals surface area contributed by atoms with Gasteiger partial charge in [-0.3, -0.25) is 9.67 Å². The van der Waals surface area contributed by atoms with Crippen LogP contribution in [0.15, 0.2) is 48.9 Å². The molecular formula is C18H18ClN5O2. The first-order valence-corrected chi connectivity index (χ1v) is 8.25. The highest BCUT2D eigenvalue weighted by molar-refractivity contribution is 6.31. The van der Waals surface area contributed by atoms with Crippen molar-refractivity contribution in [1.29, 1.82) is 0 Å². The van der Waals surface area contributed by atoms with Crippen molar-refractivity contribution in [2.24, 2.45) is 7.05 Å². The van der Waals surface area contributed by atoms with Gasteiger partial charge < -0.3 is 15.4 Å². The molecule has 0 atom stereocenters. The lowest BCUT2D eigenvalue weighted by atomic mass is 10.1. The maximum atomic E-state index is 12.2. The number of nitrogens with one attached hydrogen (secondary N) is 2. The van der Waals surface area contributed by atoms with E-state index in [1.165, 1.54) is 7.11 Å². The Morgan fingerprint density at radius 3 is 2.85 bits per heavy atom. The first-order chi connectivity index (χ1) is 12.6. The van der Waals surface area contributed by atoms with Gasteiger partial charge in [-0.05, 0) is 35.9 Å². The van der Waals surface area contributed by atoms with Gasteiger partial charge in [-0.1, -0.05) is 11.6 Å². The largest absolute Gasteiger partial charge is 0.495 e. The number of urea groups is 1. The summed E-state index contributed by atoms with van der Waals surface area (Å²) < 4.78 is 6.98. The molecule has 8 heteroatoms. The molecule has 1 aromatic carbocycles. The Morgan fingerprint density at radius 2 is 2.12 bits per heavy atom. The summed E-state index contributed by atoms with van der Waals surface area (Å²) in [5, 5.41) is 10.2. The number of carbonyl (C=O) groups is 1. The highest BCUT2D eigenvalue weighted by atomic mass is 35.5. The van der Waals surface area contributed by atoms with Crippen molar-refractivity contribution in [3.63, 3.8) is 0 Å². The molecule has 2 amide bonds. The fraction of sp³-hybridized carbons (Fsp3) is 0.167. The number of pyridine rings is 1. The number of rotatable bonds is 5. The van der Waals surface area contributed by atoms with E-state index in [-0.39, 0.29) is 6.03 Å². The summed E-state index contributed by atoms with van der Waals surface area (Å²) in [6.07, 6.45) is 5.20. The van der Waals surface area contributed by atoms with Gasteiger partial charge in [-0.15, -0.1) is 0 Å². The van der Waals surface area contributed by atoms with Gasteiger partial charge in [0, 0.05) is 42.8 Å². The molecule has 3 aromatic rings. The molecular weight excluding hydrogens is 354 g/mol. The molecule has 134 valence electrons. The molecule has 0 aliphatic heterocycles. The molecule has 0 aliphatic carbocycles. The lowest BCUT2D eigenvalue weighted by Gasteiger charge is -2.12. The zero-order chi connectivity index (χ0) is 18.5. The second kappa shape index (κ2) is 7.88. The van der Waals surface area contributed by atoms with Gasteiger partial charge in [0.2, 0.25) is 0 Å². The van der Waals surface area contributed by atoms with Crippen LogP contribution in [-0.4, -0.2) is 27.9 Å². The zero-order valence-corrected chi connectivity index (χ0v) is 15.1. The minimum Gasteiger partial charge on any atom is -0.495 e. The van der Waals surface area contributed by atoms with E-state index in [0.29, 0.717) is 23.0 Å². The monoisotopic (exact) mass is 371 g/mol. The highest BCUT2D eigenvalue weighted by Crippen LogP contribution is 2.27. The molecule has 3 rings (SSSR count). The predicted molar refractivity (Wildman–Crippen MR) is 100 cm³/mol. The average Bonchev–Trinajstić information content (AvgIpc) is 3.06. The molecule has 2 aromatic heterocycles. The Kier molecular flexibility index (Phi) is 5.38. The first kappa shape index (κ1) is 17.8. The van der Waals surface area contributed by atoms with Crippen LogP contribution in [0.3, 0.4) is 0 Å². The minimum atomic E-state index is -0.364. The molecule has 0 fully saturated rings. The van der Waals surface area contributed by atoms with E-state index < -0.39 is 0 Å². The van der Waals surface area contributed by atoms with Gasteiger partial charge in [0.15, 0.2) is 0 Å². The third kappa shape index (κ3) is 4.12. The molecule has 0 aliphatic rings. The fourth-order valence-corrected chi connectivity index (χ4v) is 2.68. The standard InChI is InChI=1S/C18H18ClN5O2/c1-24-16(5-6-22-24)13-7-12(9-20-11-13)10-21-18(25)23-15-8-14(19)3-4-17(15)26-2/h3-9,11H,10H2,1-2H3,(H2,21,23,25). The maximum absolute atomic E-state index is 12.2. The van der Waals surface area contributed by atoms with Crippen molar-refractivity contribution in [2.75, 3.05) is 12.4 Å². The SMILES string of the molecule is COc1ccc(Cl)cc1NC(=O)NCc1cncc(-c2ccnn2C)c1. The molecule has 2 N–H and O–H groups in total. The molecule has 0 saturated heterocycles. The van der Waals surface area contributed by atoms with Crippen LogP contribution in [0.4, 0.5) is 10.5 Å². The van der Waals surface area contributed by atoms with Crippen LogP contribution in [0.5, 0.6) is 5.75 Å². The number of hydrogen-bond donors (Lipinski definition) is 2. The van der Waals surface area contributed by atoms with E-state index in [9.17, 15) is 4.79 Å². The number of hydrogen-bond acceptors (Lipinski definition) is 4. The molecule has 26 heavy (non-hydrogen) atoms. The zero-order valence-electron chi connectivity index (χ0n) is 14.4. The second-order valence-corrected chi connectivity index (χ2v) is 6.01. The Bertz CT molecular complexity index is 925. The van der Waals surface area contributed by atoms with E-state index in [4.69, 9.17) is 16.3 Å². The van der Waals surface area contributed by atoms with Gasteiger partial charge in [0.25, 0.3) is 0 Å². The van der Waals surface area contributed by atoms with Crippen LogP contribution in [0.2, 0.25) is 5.02 Å². The van der Waals surface area contributed by atoms with Crippen LogP contribution >= 0.6 is 11.6 Å². The Balaban J connectivity index is 1.65. The Morgan fingerprint density at radius 1 is 1.27 bits per heavy atom. The van der Waals surface area contributed by atoms with E-state index in [0.717, 1.165) is 16.8 Å². The number of methoxy groups -OCH3 is 1. The number of nitrogens with zero attached hydrogens (tertiary/aromatic N) is 3. The summed E-state index contributed by atoms with van der Waals surface area (Å²) in [6.45, 7) is 0.327. The number of halogens is 1. The highest BCUT2D eigenvalue weighted by Gasteiger charge is 2.09. The lowest BCUT2D eigenvalue weighted by Crippen LogP contribution is -2.28. The van der Waals surface area contributed by atoms with E-state index in [2.05, 4.69) is 20.7 Å². The number of aromatic nitrogens is 3. The third-order valence-corrected chi connectivity index (χ3v) is 4.01. The fourth-order valence-electron chi connectivity index (χ4n) is 2.51. The van der Waals surface area contributed by atoms with E-state index in [1.54, 1.807) is 41.5 Å². The summed E-state index contributed by atoms with van der Waals surface area (Å²) >= 11 is 5.97. The van der Waals surface area contributed by atoms with E-state index in [1.807, 2.05) is 19.2 Å². The molecule has 0 spiro atoms. The Hall–Kier alpha value is -3.06. The summed E-state index contributed by atoms with van der Waals surface area (Å²) in [5.41, 5.74) is 3.25. The summed E-state index contributed by atoms with van der Waals surface area (Å²) in [5.74, 6) is 0.532. The first-order valence-electron chi connectivity index (χ1n) is 7.87. The van der Waals surface area contributed by atoms with Crippen LogP contribution < -0.4 is 15.4 Å². The van der Waals surface area contributed by atoms with Crippen LogP contribution in [-0.2, 0) is 13.6 Å². The van der Waals surface area contributed by atoms with Crippen LogP contribution in [0.1, 0.15) is 5.56 Å². The van der Waals surface area contributed by atoms with Crippen molar-refractivity contribution in [2.45, 2.75) is 6.54 Å². The maximum Gasteiger partial charge on any atom is 0.319 e. The van der Waals surface area contributed by atoms with Crippen LogP contribution in [0, 0.1) is 0 Å².